The van der Waals surface area contributed by atoms with Crippen molar-refractivity contribution in [3.63, 3.8) is 0 Å². The maximum atomic E-state index is 6.31. The summed E-state index contributed by atoms with van der Waals surface area (Å²) in [6, 6.07) is 0. The van der Waals surface area contributed by atoms with Gasteiger partial charge >= 0.3 is 0 Å². The van der Waals surface area contributed by atoms with Gasteiger partial charge in [-0.3, -0.25) is 0 Å². The lowest BCUT2D eigenvalue weighted by atomic mass is 9.75. The van der Waals surface area contributed by atoms with E-state index in [-0.39, 0.29) is 5.60 Å². The van der Waals surface area contributed by atoms with Gasteiger partial charge in [-0.1, -0.05) is 68.8 Å². The topological polar surface area (TPSA) is 9.23 Å². The highest BCUT2D eigenvalue weighted by molar-refractivity contribution is 9.09. The van der Waals surface area contributed by atoms with Gasteiger partial charge < -0.3 is 4.74 Å². The van der Waals surface area contributed by atoms with E-state index >= 15 is 0 Å². The molecule has 1 saturated carbocycles. The zero-order valence-corrected chi connectivity index (χ0v) is 15.5. The molecule has 1 rings (SSSR count). The third kappa shape index (κ3) is 6.47. The number of unbranched alkanes of at least 4 members (excludes halogenated alkanes) is 5. The van der Waals surface area contributed by atoms with Crippen LogP contribution in [0.2, 0.25) is 0 Å². The summed E-state index contributed by atoms with van der Waals surface area (Å²) in [5, 5.41) is 1.01. The van der Waals surface area contributed by atoms with Crippen LogP contribution in [0.4, 0.5) is 0 Å². The lowest BCUT2D eigenvalue weighted by Gasteiger charge is -2.40. The Bertz CT molecular complexity index is 232. The maximum absolute atomic E-state index is 6.31. The second kappa shape index (κ2) is 10.2. The van der Waals surface area contributed by atoms with Crippen molar-refractivity contribution in [2.24, 2.45) is 11.8 Å². The van der Waals surface area contributed by atoms with Gasteiger partial charge in [0, 0.05) is 11.9 Å². The molecular weight excluding hydrogens is 312 g/mol. The fourth-order valence-corrected chi connectivity index (χ4v) is 4.04. The Kier molecular flexibility index (Phi) is 9.44. The number of halogens is 1. The second-order valence-corrected chi connectivity index (χ2v) is 7.58. The van der Waals surface area contributed by atoms with Gasteiger partial charge in [0.15, 0.2) is 0 Å². The van der Waals surface area contributed by atoms with Crippen LogP contribution in [0.15, 0.2) is 0 Å². The van der Waals surface area contributed by atoms with E-state index in [1.807, 2.05) is 0 Å². The van der Waals surface area contributed by atoms with Gasteiger partial charge in [0.05, 0.1) is 5.60 Å². The first-order valence-electron chi connectivity index (χ1n) is 8.83. The van der Waals surface area contributed by atoms with Crippen molar-refractivity contribution in [3.8, 4) is 0 Å². The van der Waals surface area contributed by atoms with Crippen molar-refractivity contribution in [1.29, 1.82) is 0 Å². The molecule has 2 heteroatoms. The van der Waals surface area contributed by atoms with E-state index < -0.39 is 0 Å². The average Bonchev–Trinajstić information content (AvgIpc) is 2.46. The minimum absolute atomic E-state index is 0.148. The molecule has 0 amide bonds. The third-order valence-electron chi connectivity index (χ3n) is 5.03. The van der Waals surface area contributed by atoms with Crippen LogP contribution in [0, 0.1) is 11.8 Å². The molecule has 0 saturated heterocycles. The summed E-state index contributed by atoms with van der Waals surface area (Å²) >= 11 is 3.70. The summed E-state index contributed by atoms with van der Waals surface area (Å²) in [5.41, 5.74) is 0.148. The zero-order valence-electron chi connectivity index (χ0n) is 13.9. The van der Waals surface area contributed by atoms with E-state index in [1.165, 1.54) is 64.2 Å². The number of hydrogen-bond donors (Lipinski definition) is 0. The molecule has 0 atom stereocenters. The largest absolute Gasteiger partial charge is 0.374 e. The number of alkyl halides is 1. The quantitative estimate of drug-likeness (QED) is 0.331. The van der Waals surface area contributed by atoms with Crippen molar-refractivity contribution in [3.05, 3.63) is 0 Å². The molecule has 0 aromatic heterocycles. The Morgan fingerprint density at radius 1 is 1.05 bits per heavy atom. The fourth-order valence-electron chi connectivity index (χ4n) is 3.32. The van der Waals surface area contributed by atoms with E-state index in [0.29, 0.717) is 0 Å². The third-order valence-corrected chi connectivity index (χ3v) is 6.06. The van der Waals surface area contributed by atoms with Crippen molar-refractivity contribution in [1.82, 2.24) is 0 Å². The van der Waals surface area contributed by atoms with E-state index in [2.05, 4.69) is 36.7 Å². The Morgan fingerprint density at radius 2 is 1.65 bits per heavy atom. The van der Waals surface area contributed by atoms with Gasteiger partial charge in [0.2, 0.25) is 0 Å². The molecule has 1 aliphatic rings. The molecule has 0 unspecified atom stereocenters. The van der Waals surface area contributed by atoms with E-state index in [9.17, 15) is 0 Å². The van der Waals surface area contributed by atoms with Gasteiger partial charge in [-0.25, -0.2) is 0 Å². The predicted octanol–water partition coefficient (Wildman–Crippen LogP) is 6.34. The maximum Gasteiger partial charge on any atom is 0.0779 e. The molecular formula is C18H35BrO. The fraction of sp³-hybridized carbons (Fsp3) is 1.00. The van der Waals surface area contributed by atoms with Crippen LogP contribution >= 0.6 is 15.9 Å². The highest BCUT2D eigenvalue weighted by Gasteiger charge is 2.35. The Hall–Kier alpha value is 0.440. The molecule has 0 aromatic rings. The normalized spacial score (nSPS) is 27.1. The second-order valence-electron chi connectivity index (χ2n) is 7.01. The van der Waals surface area contributed by atoms with Gasteiger partial charge in [-0.05, 0) is 43.9 Å². The zero-order chi connectivity index (χ0) is 14.8. The van der Waals surface area contributed by atoms with E-state index in [1.54, 1.807) is 0 Å². The van der Waals surface area contributed by atoms with Gasteiger partial charge in [0.25, 0.3) is 0 Å². The van der Waals surface area contributed by atoms with Gasteiger partial charge in [-0.15, -0.1) is 0 Å². The Balaban J connectivity index is 2.16. The van der Waals surface area contributed by atoms with Crippen LogP contribution in [0.3, 0.4) is 0 Å². The van der Waals surface area contributed by atoms with Crippen LogP contribution in [-0.2, 0) is 4.74 Å². The molecule has 0 heterocycles. The molecule has 0 aliphatic heterocycles. The van der Waals surface area contributed by atoms with Gasteiger partial charge in [-0.2, -0.15) is 0 Å². The number of rotatable bonds is 10. The summed E-state index contributed by atoms with van der Waals surface area (Å²) in [4.78, 5) is 0. The van der Waals surface area contributed by atoms with Crippen LogP contribution < -0.4 is 0 Å². The standard InChI is InChI=1S/C18H35BrO/c1-4-5-6-7-8-9-14-20-18(15-19)12-10-17(11-13-18)16(2)3/h16-17H,4-15H2,1-3H3. The molecule has 1 aliphatic carbocycles. The van der Waals surface area contributed by atoms with Crippen LogP contribution in [-0.4, -0.2) is 17.5 Å². The molecule has 0 aromatic carbocycles. The summed E-state index contributed by atoms with van der Waals surface area (Å²) < 4.78 is 6.31. The lowest BCUT2D eigenvalue weighted by Crippen LogP contribution is -2.40. The molecule has 120 valence electrons. The molecule has 0 bridgehead atoms. The summed E-state index contributed by atoms with van der Waals surface area (Å²) in [6.07, 6.45) is 13.3. The minimum Gasteiger partial charge on any atom is -0.374 e. The lowest BCUT2D eigenvalue weighted by molar-refractivity contribution is -0.0645. The smallest absolute Gasteiger partial charge is 0.0779 e. The first-order chi connectivity index (χ1) is 9.63. The highest BCUT2D eigenvalue weighted by atomic mass is 79.9. The Morgan fingerprint density at radius 3 is 2.20 bits per heavy atom. The van der Waals surface area contributed by atoms with Gasteiger partial charge in [0.1, 0.15) is 0 Å². The molecule has 0 N–H and O–H groups in total. The molecule has 20 heavy (non-hydrogen) atoms. The average molecular weight is 347 g/mol. The monoisotopic (exact) mass is 346 g/mol. The Labute approximate surface area is 135 Å². The van der Waals surface area contributed by atoms with Crippen LogP contribution in [0.25, 0.3) is 0 Å². The minimum atomic E-state index is 0.148. The van der Waals surface area contributed by atoms with Crippen LogP contribution in [0.1, 0.15) is 85.0 Å². The summed E-state index contributed by atoms with van der Waals surface area (Å²) in [7, 11) is 0. The highest BCUT2D eigenvalue weighted by Crippen LogP contribution is 2.39. The molecule has 0 spiro atoms. The predicted molar refractivity (Wildman–Crippen MR) is 92.6 cm³/mol. The first kappa shape index (κ1) is 18.5. The molecule has 1 fully saturated rings. The van der Waals surface area contributed by atoms with E-state index in [4.69, 9.17) is 4.74 Å². The molecule has 1 nitrogen and oxygen atoms in total. The number of ether oxygens (including phenoxy) is 1. The first-order valence-corrected chi connectivity index (χ1v) is 9.95. The van der Waals surface area contributed by atoms with Crippen molar-refractivity contribution < 1.29 is 4.74 Å². The van der Waals surface area contributed by atoms with Crippen molar-refractivity contribution in [2.45, 2.75) is 90.6 Å². The van der Waals surface area contributed by atoms with Crippen molar-refractivity contribution >= 4 is 15.9 Å². The van der Waals surface area contributed by atoms with Crippen molar-refractivity contribution in [2.75, 3.05) is 11.9 Å². The SMILES string of the molecule is CCCCCCCCOC1(CBr)CCC(C(C)C)CC1. The molecule has 0 radical (unpaired) electrons. The summed E-state index contributed by atoms with van der Waals surface area (Å²) in [6.45, 7) is 7.96. The summed E-state index contributed by atoms with van der Waals surface area (Å²) in [5.74, 6) is 1.75. The van der Waals surface area contributed by atoms with Crippen LogP contribution in [0.5, 0.6) is 0 Å². The van der Waals surface area contributed by atoms with E-state index in [0.717, 1.165) is 23.8 Å². The number of hydrogen-bond acceptors (Lipinski definition) is 1.